The number of hydrogen-bond acceptors (Lipinski definition) is 7. The van der Waals surface area contributed by atoms with Crippen molar-refractivity contribution in [1.82, 2.24) is 20.1 Å². The van der Waals surface area contributed by atoms with E-state index in [-0.39, 0.29) is 24.6 Å². The number of anilines is 1. The van der Waals surface area contributed by atoms with Crippen LogP contribution in [0, 0.1) is 12.7 Å². The number of pyridine rings is 2. The van der Waals surface area contributed by atoms with Gasteiger partial charge in [0.05, 0.1) is 0 Å². The third-order valence-electron chi connectivity index (χ3n) is 4.62. The Labute approximate surface area is 183 Å². The predicted molar refractivity (Wildman–Crippen MR) is 114 cm³/mol. The maximum Gasteiger partial charge on any atom is 0.227 e. The smallest absolute Gasteiger partial charge is 0.227 e. The van der Waals surface area contributed by atoms with Gasteiger partial charge in [0.25, 0.3) is 0 Å². The van der Waals surface area contributed by atoms with Crippen LogP contribution in [0.5, 0.6) is 5.75 Å². The van der Waals surface area contributed by atoms with Crippen LogP contribution in [0.2, 0.25) is 0 Å². The van der Waals surface area contributed by atoms with E-state index in [0.717, 1.165) is 5.56 Å². The van der Waals surface area contributed by atoms with Gasteiger partial charge in [0.15, 0.2) is 11.6 Å². The normalized spacial score (nSPS) is 10.7. The van der Waals surface area contributed by atoms with Gasteiger partial charge in [-0.1, -0.05) is 5.16 Å². The molecular formula is C23H20FN5O3. The first-order valence-corrected chi connectivity index (χ1v) is 9.94. The van der Waals surface area contributed by atoms with Crippen molar-refractivity contribution in [2.75, 3.05) is 5.32 Å². The number of amides is 1. The summed E-state index contributed by atoms with van der Waals surface area (Å²) in [5, 5.41) is 6.66. The lowest BCUT2D eigenvalue weighted by Crippen LogP contribution is -2.14. The maximum absolute atomic E-state index is 13.4. The number of carbonyl (C=O) groups is 1. The van der Waals surface area contributed by atoms with E-state index in [1.54, 1.807) is 49.8 Å². The maximum atomic E-state index is 13.4. The molecule has 0 aliphatic rings. The first-order chi connectivity index (χ1) is 15.6. The summed E-state index contributed by atoms with van der Waals surface area (Å²) < 4.78 is 24.5. The van der Waals surface area contributed by atoms with Crippen molar-refractivity contribution in [3.63, 3.8) is 0 Å². The second-order valence-corrected chi connectivity index (χ2v) is 7.02. The molecule has 9 heteroatoms. The molecule has 3 aromatic heterocycles. The number of rotatable bonds is 8. The number of aryl methyl sites for hydroxylation is 2. The number of nitrogens with zero attached hydrogens (tertiary/aromatic N) is 4. The fraction of sp³-hybridized carbons (Fsp3) is 0.174. The average Bonchev–Trinajstić information content (AvgIpc) is 3.29. The molecule has 0 atom stereocenters. The Hall–Kier alpha value is -4.14. The lowest BCUT2D eigenvalue weighted by atomic mass is 10.1. The molecule has 0 radical (unpaired) electrons. The van der Waals surface area contributed by atoms with Crippen molar-refractivity contribution >= 4 is 11.7 Å². The highest BCUT2D eigenvalue weighted by atomic mass is 19.1. The zero-order valence-electron chi connectivity index (χ0n) is 17.3. The monoisotopic (exact) mass is 433 g/mol. The summed E-state index contributed by atoms with van der Waals surface area (Å²) in [4.78, 5) is 24.9. The van der Waals surface area contributed by atoms with Gasteiger partial charge in [0.1, 0.15) is 12.4 Å². The Morgan fingerprint density at radius 2 is 2.00 bits per heavy atom. The summed E-state index contributed by atoms with van der Waals surface area (Å²) in [6.07, 6.45) is 5.31. The summed E-state index contributed by atoms with van der Waals surface area (Å²) in [5.74, 6) is 0.888. The quantitative estimate of drug-likeness (QED) is 0.446. The molecule has 4 aromatic rings. The van der Waals surface area contributed by atoms with E-state index < -0.39 is 0 Å². The Bertz CT molecular complexity index is 1210. The van der Waals surface area contributed by atoms with Crippen molar-refractivity contribution in [1.29, 1.82) is 0 Å². The van der Waals surface area contributed by atoms with Crippen molar-refractivity contribution in [3.05, 3.63) is 83.9 Å². The predicted octanol–water partition coefficient (Wildman–Crippen LogP) is 4.12. The molecule has 32 heavy (non-hydrogen) atoms. The van der Waals surface area contributed by atoms with E-state index in [1.165, 1.54) is 6.07 Å². The first-order valence-electron chi connectivity index (χ1n) is 9.94. The Balaban J connectivity index is 1.34. The van der Waals surface area contributed by atoms with Gasteiger partial charge < -0.3 is 14.6 Å². The van der Waals surface area contributed by atoms with Gasteiger partial charge >= 0.3 is 0 Å². The standard InChI is InChI=1S/C23H20FN5O3/c1-15-13-17(4-5-18(15)24)22-28-21(32-29-22)7-6-20(30)27-23-19(3-2-10-26-23)31-14-16-8-11-25-12-9-16/h2-5,8-13H,6-7,14H2,1H3,(H,26,27,30). The number of halogens is 1. The zero-order valence-corrected chi connectivity index (χ0v) is 17.3. The molecule has 0 saturated heterocycles. The number of carbonyl (C=O) groups excluding carboxylic acids is 1. The molecule has 0 aliphatic carbocycles. The van der Waals surface area contributed by atoms with Crippen LogP contribution in [0.1, 0.15) is 23.4 Å². The number of hydrogen-bond donors (Lipinski definition) is 1. The van der Waals surface area contributed by atoms with E-state index >= 15 is 0 Å². The van der Waals surface area contributed by atoms with Crippen molar-refractivity contribution in [2.45, 2.75) is 26.4 Å². The van der Waals surface area contributed by atoms with Crippen LogP contribution in [0.3, 0.4) is 0 Å². The highest BCUT2D eigenvalue weighted by molar-refractivity contribution is 5.91. The number of benzene rings is 1. The number of nitrogens with one attached hydrogen (secondary N) is 1. The van der Waals surface area contributed by atoms with Gasteiger partial charge in [-0.3, -0.25) is 9.78 Å². The molecule has 1 amide bonds. The van der Waals surface area contributed by atoms with E-state index in [0.29, 0.717) is 41.0 Å². The van der Waals surface area contributed by atoms with Crippen LogP contribution < -0.4 is 10.1 Å². The van der Waals surface area contributed by atoms with Crippen molar-refractivity contribution in [2.24, 2.45) is 0 Å². The lowest BCUT2D eigenvalue weighted by Gasteiger charge is -2.11. The van der Waals surface area contributed by atoms with Crippen LogP contribution in [0.25, 0.3) is 11.4 Å². The molecule has 8 nitrogen and oxygen atoms in total. The average molecular weight is 433 g/mol. The molecule has 0 fully saturated rings. The van der Waals surface area contributed by atoms with Crippen LogP contribution in [-0.2, 0) is 17.8 Å². The Morgan fingerprint density at radius 3 is 2.81 bits per heavy atom. The molecule has 162 valence electrons. The van der Waals surface area contributed by atoms with E-state index in [4.69, 9.17) is 9.26 Å². The highest BCUT2D eigenvalue weighted by Gasteiger charge is 2.14. The molecule has 0 bridgehead atoms. The molecular weight excluding hydrogens is 413 g/mol. The summed E-state index contributed by atoms with van der Waals surface area (Å²) in [6.45, 7) is 1.99. The van der Waals surface area contributed by atoms with Crippen LogP contribution in [0.15, 0.2) is 65.6 Å². The van der Waals surface area contributed by atoms with Gasteiger partial charge in [0.2, 0.25) is 17.6 Å². The van der Waals surface area contributed by atoms with Crippen LogP contribution >= 0.6 is 0 Å². The minimum atomic E-state index is -0.298. The molecule has 4 rings (SSSR count). The topological polar surface area (TPSA) is 103 Å². The van der Waals surface area contributed by atoms with Crippen molar-refractivity contribution < 1.29 is 18.4 Å². The number of ether oxygens (including phenoxy) is 1. The molecule has 0 unspecified atom stereocenters. The summed E-state index contributed by atoms with van der Waals surface area (Å²) in [5.41, 5.74) is 2.09. The lowest BCUT2D eigenvalue weighted by molar-refractivity contribution is -0.116. The minimum Gasteiger partial charge on any atom is -0.485 e. The van der Waals surface area contributed by atoms with Gasteiger partial charge in [-0.15, -0.1) is 0 Å². The second kappa shape index (κ2) is 9.78. The third kappa shape index (κ3) is 5.31. The molecule has 3 heterocycles. The third-order valence-corrected chi connectivity index (χ3v) is 4.62. The van der Waals surface area contributed by atoms with E-state index in [2.05, 4.69) is 25.4 Å². The van der Waals surface area contributed by atoms with Crippen LogP contribution in [0.4, 0.5) is 10.2 Å². The van der Waals surface area contributed by atoms with Gasteiger partial charge in [-0.25, -0.2) is 9.37 Å². The van der Waals surface area contributed by atoms with E-state index in [1.807, 2.05) is 12.1 Å². The van der Waals surface area contributed by atoms with Gasteiger partial charge in [-0.05, 0) is 60.5 Å². The van der Waals surface area contributed by atoms with Crippen LogP contribution in [-0.4, -0.2) is 26.0 Å². The molecule has 1 aromatic carbocycles. The highest BCUT2D eigenvalue weighted by Crippen LogP contribution is 2.23. The molecule has 1 N–H and O–H groups in total. The largest absolute Gasteiger partial charge is 0.485 e. The second-order valence-electron chi connectivity index (χ2n) is 7.02. The first kappa shape index (κ1) is 21.1. The minimum absolute atomic E-state index is 0.116. The van der Waals surface area contributed by atoms with Crippen molar-refractivity contribution in [3.8, 4) is 17.1 Å². The summed E-state index contributed by atoms with van der Waals surface area (Å²) >= 11 is 0. The van der Waals surface area contributed by atoms with Gasteiger partial charge in [0, 0.05) is 37.0 Å². The molecule has 0 saturated carbocycles. The Kier molecular flexibility index (Phi) is 6.45. The van der Waals surface area contributed by atoms with Gasteiger partial charge in [-0.2, -0.15) is 4.98 Å². The Morgan fingerprint density at radius 1 is 1.16 bits per heavy atom. The molecule has 0 spiro atoms. The van der Waals surface area contributed by atoms with E-state index in [9.17, 15) is 9.18 Å². The zero-order chi connectivity index (χ0) is 22.3. The molecule has 0 aliphatic heterocycles. The SMILES string of the molecule is Cc1cc(-c2noc(CCC(=O)Nc3ncccc3OCc3ccncc3)n2)ccc1F. The fourth-order valence-electron chi connectivity index (χ4n) is 2.91. The fourth-order valence-corrected chi connectivity index (χ4v) is 2.91. The number of aromatic nitrogens is 4. The summed E-state index contributed by atoms with van der Waals surface area (Å²) in [6, 6.07) is 11.7. The summed E-state index contributed by atoms with van der Waals surface area (Å²) in [7, 11) is 0.